The summed E-state index contributed by atoms with van der Waals surface area (Å²) in [7, 11) is 0. The van der Waals surface area contributed by atoms with Crippen LogP contribution in [-0.2, 0) is 17.6 Å². The molecule has 1 N–H and O–H groups in total. The second-order valence-electron chi connectivity index (χ2n) is 7.79. The van der Waals surface area contributed by atoms with Gasteiger partial charge < -0.3 is 10.2 Å². The molecule has 1 aliphatic carbocycles. The summed E-state index contributed by atoms with van der Waals surface area (Å²) in [6, 6.07) is 11.8. The highest BCUT2D eigenvalue weighted by Gasteiger charge is 2.36. The number of piperidine rings is 1. The molecule has 1 fully saturated rings. The number of benzene rings is 2. The molecule has 0 spiro atoms. The van der Waals surface area contributed by atoms with E-state index in [1.807, 2.05) is 13.0 Å². The van der Waals surface area contributed by atoms with E-state index in [1.54, 1.807) is 17.0 Å². The molecule has 5 heteroatoms. The molecule has 2 aliphatic rings. The molecule has 1 heterocycles. The molecule has 28 heavy (non-hydrogen) atoms. The van der Waals surface area contributed by atoms with E-state index in [9.17, 15) is 14.0 Å². The number of anilines is 1. The Hall–Kier alpha value is -2.69. The van der Waals surface area contributed by atoms with Crippen LogP contribution in [0.4, 0.5) is 10.1 Å². The van der Waals surface area contributed by atoms with Gasteiger partial charge in [-0.25, -0.2) is 4.39 Å². The Bertz CT molecular complexity index is 911. The summed E-state index contributed by atoms with van der Waals surface area (Å²) in [5, 5.41) is 3.03. The number of likely N-dealkylation sites (tertiary alicyclic amines) is 1. The second-order valence-corrected chi connectivity index (χ2v) is 7.79. The lowest BCUT2D eigenvalue weighted by Crippen LogP contribution is -2.50. The summed E-state index contributed by atoms with van der Waals surface area (Å²) in [4.78, 5) is 27.4. The fourth-order valence-corrected chi connectivity index (χ4v) is 4.45. The monoisotopic (exact) mass is 380 g/mol. The summed E-state index contributed by atoms with van der Waals surface area (Å²) in [5.41, 5.74) is 3.56. The van der Waals surface area contributed by atoms with Crippen LogP contribution in [-0.4, -0.2) is 29.3 Å². The van der Waals surface area contributed by atoms with Crippen molar-refractivity contribution in [3.05, 3.63) is 65.0 Å². The van der Waals surface area contributed by atoms with Crippen LogP contribution in [0, 0.1) is 11.7 Å². The highest BCUT2D eigenvalue weighted by molar-refractivity contribution is 5.97. The Balaban J connectivity index is 1.48. The summed E-state index contributed by atoms with van der Waals surface area (Å²) >= 11 is 0. The lowest BCUT2D eigenvalue weighted by atomic mass is 9.88. The lowest BCUT2D eigenvalue weighted by Gasteiger charge is -2.38. The minimum atomic E-state index is -0.524. The Labute approximate surface area is 164 Å². The van der Waals surface area contributed by atoms with Gasteiger partial charge >= 0.3 is 0 Å². The van der Waals surface area contributed by atoms with E-state index in [4.69, 9.17) is 0 Å². The zero-order valence-corrected chi connectivity index (χ0v) is 16.1. The third-order valence-electron chi connectivity index (χ3n) is 6.06. The van der Waals surface area contributed by atoms with E-state index in [2.05, 4.69) is 17.4 Å². The summed E-state index contributed by atoms with van der Waals surface area (Å²) < 4.78 is 14.0. The number of rotatable bonds is 3. The Kier molecular flexibility index (Phi) is 5.16. The van der Waals surface area contributed by atoms with Crippen LogP contribution in [0.2, 0.25) is 0 Å². The van der Waals surface area contributed by atoms with E-state index >= 15 is 0 Å². The topological polar surface area (TPSA) is 49.4 Å². The van der Waals surface area contributed by atoms with Crippen molar-refractivity contribution < 1.29 is 14.0 Å². The molecule has 2 aromatic carbocycles. The lowest BCUT2D eigenvalue weighted by molar-refractivity contribution is -0.122. The average molecular weight is 380 g/mol. The Morgan fingerprint density at radius 2 is 1.86 bits per heavy atom. The quantitative estimate of drug-likeness (QED) is 0.868. The molecule has 1 unspecified atom stereocenters. The van der Waals surface area contributed by atoms with Gasteiger partial charge in [-0.3, -0.25) is 9.59 Å². The first-order valence-electron chi connectivity index (χ1n) is 10.0. The van der Waals surface area contributed by atoms with Gasteiger partial charge in [0.05, 0.1) is 11.5 Å². The van der Waals surface area contributed by atoms with Crippen LogP contribution in [0.25, 0.3) is 0 Å². The number of hydrogen-bond acceptors (Lipinski definition) is 2. The van der Waals surface area contributed by atoms with Crippen molar-refractivity contribution in [2.75, 3.05) is 11.9 Å². The smallest absolute Gasteiger partial charge is 0.257 e. The maximum atomic E-state index is 14.0. The van der Waals surface area contributed by atoms with Crippen molar-refractivity contribution in [1.82, 2.24) is 4.90 Å². The van der Waals surface area contributed by atoms with Gasteiger partial charge in [0.25, 0.3) is 5.91 Å². The molecule has 2 amide bonds. The highest BCUT2D eigenvalue weighted by atomic mass is 19.1. The Morgan fingerprint density at radius 3 is 2.68 bits per heavy atom. The maximum Gasteiger partial charge on any atom is 0.257 e. The van der Waals surface area contributed by atoms with Crippen molar-refractivity contribution in [2.45, 2.75) is 45.1 Å². The molecular weight excluding hydrogens is 355 g/mol. The zero-order valence-electron chi connectivity index (χ0n) is 16.1. The van der Waals surface area contributed by atoms with E-state index in [1.165, 1.54) is 29.7 Å². The molecule has 1 aliphatic heterocycles. The van der Waals surface area contributed by atoms with E-state index in [0.29, 0.717) is 6.54 Å². The first-order chi connectivity index (χ1) is 13.5. The van der Waals surface area contributed by atoms with Crippen molar-refractivity contribution in [2.24, 2.45) is 5.92 Å². The molecule has 0 aromatic heterocycles. The van der Waals surface area contributed by atoms with Crippen LogP contribution in [0.3, 0.4) is 0 Å². The molecule has 0 radical (unpaired) electrons. The predicted octanol–water partition coefficient (Wildman–Crippen LogP) is 4.19. The van der Waals surface area contributed by atoms with Crippen LogP contribution >= 0.6 is 0 Å². The molecule has 2 aromatic rings. The fraction of sp³-hybridized carbons (Fsp3) is 0.391. The first kappa shape index (κ1) is 18.7. The molecule has 4 nitrogen and oxygen atoms in total. The van der Waals surface area contributed by atoms with E-state index in [-0.39, 0.29) is 29.3 Å². The normalized spacial score (nSPS) is 21.3. The summed E-state index contributed by atoms with van der Waals surface area (Å²) in [6.07, 6.45) is 4.78. The van der Waals surface area contributed by atoms with Gasteiger partial charge in [0.15, 0.2) is 0 Å². The molecule has 2 atom stereocenters. The summed E-state index contributed by atoms with van der Waals surface area (Å²) in [6.45, 7) is 2.42. The third-order valence-corrected chi connectivity index (χ3v) is 6.06. The third kappa shape index (κ3) is 3.53. The van der Waals surface area contributed by atoms with Gasteiger partial charge in [-0.1, -0.05) is 18.2 Å². The number of carbonyl (C=O) groups is 2. The van der Waals surface area contributed by atoms with Crippen molar-refractivity contribution in [3.63, 3.8) is 0 Å². The number of nitrogens with zero attached hydrogens (tertiary/aromatic N) is 1. The minimum Gasteiger partial charge on any atom is -0.335 e. The van der Waals surface area contributed by atoms with Crippen LogP contribution in [0.1, 0.15) is 47.7 Å². The van der Waals surface area contributed by atoms with Crippen LogP contribution in [0.15, 0.2) is 42.5 Å². The Morgan fingerprint density at radius 1 is 1.07 bits per heavy atom. The molecule has 0 bridgehead atoms. The SMILES string of the molecule is C[C@H]1C(C(=O)Nc2ccc3c(c2)CCC3)CCCN1C(=O)c1ccccc1F. The minimum absolute atomic E-state index is 0.0639. The predicted molar refractivity (Wildman–Crippen MR) is 107 cm³/mol. The van der Waals surface area contributed by atoms with E-state index in [0.717, 1.165) is 31.4 Å². The van der Waals surface area contributed by atoms with Crippen molar-refractivity contribution in [3.8, 4) is 0 Å². The summed E-state index contributed by atoms with van der Waals surface area (Å²) in [5.74, 6) is -1.25. The number of fused-ring (bicyclic) bond motifs is 1. The van der Waals surface area contributed by atoms with Gasteiger partial charge in [0.2, 0.25) is 5.91 Å². The van der Waals surface area contributed by atoms with Gasteiger partial charge in [-0.05, 0) is 74.4 Å². The van der Waals surface area contributed by atoms with Crippen molar-refractivity contribution >= 4 is 17.5 Å². The second kappa shape index (κ2) is 7.74. The van der Waals surface area contributed by atoms with Gasteiger partial charge in [-0.2, -0.15) is 0 Å². The number of aryl methyl sites for hydroxylation is 2. The van der Waals surface area contributed by atoms with Crippen molar-refractivity contribution in [1.29, 1.82) is 0 Å². The number of halogens is 1. The number of amides is 2. The van der Waals surface area contributed by atoms with E-state index < -0.39 is 5.82 Å². The number of carbonyl (C=O) groups excluding carboxylic acids is 2. The number of hydrogen-bond donors (Lipinski definition) is 1. The van der Waals surface area contributed by atoms with Gasteiger partial charge in [-0.15, -0.1) is 0 Å². The highest BCUT2D eigenvalue weighted by Crippen LogP contribution is 2.29. The van der Waals surface area contributed by atoms with Gasteiger partial charge in [0.1, 0.15) is 5.82 Å². The van der Waals surface area contributed by atoms with Crippen LogP contribution < -0.4 is 5.32 Å². The molecule has 4 rings (SSSR count). The number of nitrogens with one attached hydrogen (secondary N) is 1. The largest absolute Gasteiger partial charge is 0.335 e. The standard InChI is InChI=1S/C23H25FN2O2/c1-15-19(22(27)25-18-12-11-16-6-4-7-17(16)14-18)9-5-13-26(15)23(28)20-8-2-3-10-21(20)24/h2-3,8,10-12,14-15,19H,4-7,9,13H2,1H3,(H,25,27)/t15-,19?/m0/s1. The average Bonchev–Trinajstić information content (AvgIpc) is 3.16. The molecular formula is C23H25FN2O2. The zero-order chi connectivity index (χ0) is 19.7. The maximum absolute atomic E-state index is 14.0. The van der Waals surface area contributed by atoms with Gasteiger partial charge in [0, 0.05) is 18.3 Å². The first-order valence-corrected chi connectivity index (χ1v) is 10.0. The van der Waals surface area contributed by atoms with Crippen LogP contribution in [0.5, 0.6) is 0 Å². The molecule has 1 saturated heterocycles. The molecule has 146 valence electrons. The fourth-order valence-electron chi connectivity index (χ4n) is 4.45. The molecule has 0 saturated carbocycles.